The second kappa shape index (κ2) is 6.73. The number of nitrogens with one attached hydrogen (secondary N) is 1. The monoisotopic (exact) mass is 253 g/mol. The maximum absolute atomic E-state index is 11.0. The zero-order valence-electron chi connectivity index (χ0n) is 11.0. The van der Waals surface area contributed by atoms with Crippen molar-refractivity contribution in [2.75, 3.05) is 29.9 Å². The third-order valence-electron chi connectivity index (χ3n) is 2.54. The number of hydrogen-bond donors (Lipinski definition) is 1. The van der Waals surface area contributed by atoms with E-state index in [2.05, 4.69) is 15.3 Å². The van der Waals surface area contributed by atoms with E-state index in [0.29, 0.717) is 24.9 Å². The standard InChI is InChI=1S/C11H19N5O2/c1-4-7-12-11-13-8-9(16(17)18)10(14-11)15(5-2)6-3/h8H,4-7H2,1-3H3,(H,12,13,14). The van der Waals surface area contributed by atoms with E-state index < -0.39 is 4.92 Å². The fraction of sp³-hybridized carbons (Fsp3) is 0.636. The smallest absolute Gasteiger partial charge is 0.329 e. The first-order valence-corrected chi connectivity index (χ1v) is 6.14. The van der Waals surface area contributed by atoms with Gasteiger partial charge >= 0.3 is 5.69 Å². The molecule has 7 nitrogen and oxygen atoms in total. The Balaban J connectivity index is 3.10. The average Bonchev–Trinajstić information content (AvgIpc) is 2.37. The van der Waals surface area contributed by atoms with Crippen molar-refractivity contribution in [2.45, 2.75) is 27.2 Å². The Labute approximate surface area is 106 Å². The fourth-order valence-electron chi connectivity index (χ4n) is 1.57. The molecular weight excluding hydrogens is 234 g/mol. The van der Waals surface area contributed by atoms with Crippen molar-refractivity contribution in [3.8, 4) is 0 Å². The van der Waals surface area contributed by atoms with Crippen LogP contribution in [0.2, 0.25) is 0 Å². The first-order valence-electron chi connectivity index (χ1n) is 6.14. The molecule has 0 saturated carbocycles. The van der Waals surface area contributed by atoms with Crippen LogP contribution < -0.4 is 10.2 Å². The predicted octanol–water partition coefficient (Wildman–Crippen LogP) is 2.05. The lowest BCUT2D eigenvalue weighted by atomic mass is 10.4. The second-order valence-electron chi connectivity index (χ2n) is 3.76. The maximum Gasteiger partial charge on any atom is 0.329 e. The van der Waals surface area contributed by atoms with Crippen LogP contribution in [-0.2, 0) is 0 Å². The van der Waals surface area contributed by atoms with E-state index in [4.69, 9.17) is 0 Å². The average molecular weight is 253 g/mol. The summed E-state index contributed by atoms with van der Waals surface area (Å²) in [6.45, 7) is 7.99. The van der Waals surface area contributed by atoms with Gasteiger partial charge in [0.1, 0.15) is 6.20 Å². The highest BCUT2D eigenvalue weighted by Crippen LogP contribution is 2.25. The molecule has 0 aliphatic heterocycles. The zero-order valence-corrected chi connectivity index (χ0v) is 11.0. The molecular formula is C11H19N5O2. The van der Waals surface area contributed by atoms with Gasteiger partial charge in [0.05, 0.1) is 4.92 Å². The van der Waals surface area contributed by atoms with Crippen molar-refractivity contribution in [3.63, 3.8) is 0 Å². The van der Waals surface area contributed by atoms with Crippen LogP contribution in [0.5, 0.6) is 0 Å². The van der Waals surface area contributed by atoms with Crippen molar-refractivity contribution < 1.29 is 4.92 Å². The van der Waals surface area contributed by atoms with Crippen LogP contribution in [0.4, 0.5) is 17.5 Å². The molecule has 0 fully saturated rings. The highest BCUT2D eigenvalue weighted by atomic mass is 16.6. The van der Waals surface area contributed by atoms with E-state index in [1.54, 1.807) is 0 Å². The van der Waals surface area contributed by atoms with E-state index in [0.717, 1.165) is 13.0 Å². The summed E-state index contributed by atoms with van der Waals surface area (Å²) >= 11 is 0. The largest absolute Gasteiger partial charge is 0.354 e. The highest BCUT2D eigenvalue weighted by molar-refractivity contribution is 5.58. The number of anilines is 2. The Morgan fingerprint density at radius 3 is 2.56 bits per heavy atom. The van der Waals surface area contributed by atoms with Gasteiger partial charge in [-0.2, -0.15) is 4.98 Å². The van der Waals surface area contributed by atoms with Gasteiger partial charge < -0.3 is 10.2 Å². The fourth-order valence-corrected chi connectivity index (χ4v) is 1.57. The highest BCUT2D eigenvalue weighted by Gasteiger charge is 2.21. The van der Waals surface area contributed by atoms with Gasteiger partial charge in [-0.15, -0.1) is 0 Å². The van der Waals surface area contributed by atoms with Crippen LogP contribution >= 0.6 is 0 Å². The van der Waals surface area contributed by atoms with Crippen LogP contribution in [0.3, 0.4) is 0 Å². The summed E-state index contributed by atoms with van der Waals surface area (Å²) < 4.78 is 0. The van der Waals surface area contributed by atoms with Gasteiger partial charge in [-0.25, -0.2) is 4.98 Å². The summed E-state index contributed by atoms with van der Waals surface area (Å²) in [7, 11) is 0. The van der Waals surface area contributed by atoms with Crippen LogP contribution in [0.25, 0.3) is 0 Å². The number of hydrogen-bond acceptors (Lipinski definition) is 6. The molecule has 100 valence electrons. The summed E-state index contributed by atoms with van der Waals surface area (Å²) in [5, 5.41) is 14.0. The minimum absolute atomic E-state index is 0.0549. The van der Waals surface area contributed by atoms with Crippen LogP contribution in [0.1, 0.15) is 27.2 Å². The van der Waals surface area contributed by atoms with E-state index in [-0.39, 0.29) is 5.69 Å². The molecule has 0 aliphatic carbocycles. The Kier molecular flexibility index (Phi) is 5.29. The normalized spacial score (nSPS) is 10.2. The third kappa shape index (κ3) is 3.28. The lowest BCUT2D eigenvalue weighted by Crippen LogP contribution is -2.24. The summed E-state index contributed by atoms with van der Waals surface area (Å²) in [6, 6.07) is 0. The van der Waals surface area contributed by atoms with E-state index >= 15 is 0 Å². The molecule has 0 amide bonds. The van der Waals surface area contributed by atoms with Gasteiger partial charge in [-0.05, 0) is 20.3 Å². The molecule has 1 N–H and O–H groups in total. The van der Waals surface area contributed by atoms with Gasteiger partial charge in [-0.1, -0.05) is 6.92 Å². The first-order chi connectivity index (χ1) is 8.63. The molecule has 1 heterocycles. The van der Waals surface area contributed by atoms with Crippen LogP contribution in [-0.4, -0.2) is 34.5 Å². The Bertz CT molecular complexity index is 406. The lowest BCUT2D eigenvalue weighted by molar-refractivity contribution is -0.384. The summed E-state index contributed by atoms with van der Waals surface area (Å²) in [4.78, 5) is 20.6. The van der Waals surface area contributed by atoms with Crippen molar-refractivity contribution in [1.82, 2.24) is 9.97 Å². The molecule has 0 aromatic carbocycles. The lowest BCUT2D eigenvalue weighted by Gasteiger charge is -2.19. The number of nitro groups is 1. The minimum Gasteiger partial charge on any atom is -0.354 e. The molecule has 0 saturated heterocycles. The third-order valence-corrected chi connectivity index (χ3v) is 2.54. The predicted molar refractivity (Wildman–Crippen MR) is 71.0 cm³/mol. The van der Waals surface area contributed by atoms with Gasteiger partial charge in [0.15, 0.2) is 0 Å². The maximum atomic E-state index is 11.0. The molecule has 0 atom stereocenters. The molecule has 1 rings (SSSR count). The molecule has 0 radical (unpaired) electrons. The van der Waals surface area contributed by atoms with E-state index in [1.807, 2.05) is 25.7 Å². The van der Waals surface area contributed by atoms with Crippen LogP contribution in [0.15, 0.2) is 6.20 Å². The van der Waals surface area contributed by atoms with Crippen molar-refractivity contribution >= 4 is 17.5 Å². The Morgan fingerprint density at radius 2 is 2.06 bits per heavy atom. The zero-order chi connectivity index (χ0) is 13.5. The minimum atomic E-state index is -0.447. The molecule has 0 spiro atoms. The van der Waals surface area contributed by atoms with Crippen molar-refractivity contribution in [2.24, 2.45) is 0 Å². The van der Waals surface area contributed by atoms with Gasteiger partial charge in [0, 0.05) is 19.6 Å². The molecule has 1 aromatic rings. The van der Waals surface area contributed by atoms with Crippen molar-refractivity contribution in [1.29, 1.82) is 0 Å². The molecule has 0 bridgehead atoms. The number of aromatic nitrogens is 2. The summed E-state index contributed by atoms with van der Waals surface area (Å²) in [5.41, 5.74) is -0.0549. The topological polar surface area (TPSA) is 84.2 Å². The second-order valence-corrected chi connectivity index (χ2v) is 3.76. The summed E-state index contributed by atoms with van der Waals surface area (Å²) in [5.74, 6) is 0.808. The summed E-state index contributed by atoms with van der Waals surface area (Å²) in [6.07, 6.45) is 2.21. The number of rotatable bonds is 7. The van der Waals surface area contributed by atoms with Gasteiger partial charge in [0.2, 0.25) is 11.8 Å². The van der Waals surface area contributed by atoms with Crippen LogP contribution in [0, 0.1) is 10.1 Å². The molecule has 7 heteroatoms. The molecule has 0 aliphatic rings. The van der Waals surface area contributed by atoms with Gasteiger partial charge in [-0.3, -0.25) is 10.1 Å². The quantitative estimate of drug-likeness (QED) is 0.591. The number of nitrogens with zero attached hydrogens (tertiary/aromatic N) is 4. The van der Waals surface area contributed by atoms with Gasteiger partial charge in [0.25, 0.3) is 0 Å². The first kappa shape index (κ1) is 14.1. The molecule has 1 aromatic heterocycles. The Morgan fingerprint density at radius 1 is 1.39 bits per heavy atom. The van der Waals surface area contributed by atoms with E-state index in [9.17, 15) is 10.1 Å². The van der Waals surface area contributed by atoms with Crippen molar-refractivity contribution in [3.05, 3.63) is 16.3 Å². The molecule has 18 heavy (non-hydrogen) atoms. The Hall–Kier alpha value is -1.92. The van der Waals surface area contributed by atoms with E-state index in [1.165, 1.54) is 6.20 Å². The SMILES string of the molecule is CCCNc1ncc([N+](=O)[O-])c(N(CC)CC)n1. The molecule has 0 unspecified atom stereocenters.